The van der Waals surface area contributed by atoms with Crippen LogP contribution in [-0.2, 0) is 16.6 Å². The average molecular weight is 416 g/mol. The van der Waals surface area contributed by atoms with Crippen LogP contribution in [0.15, 0.2) is 71.6 Å². The first-order chi connectivity index (χ1) is 13.8. The molecule has 1 amide bonds. The maximum atomic E-state index is 13.8. The van der Waals surface area contributed by atoms with Gasteiger partial charge in [0.15, 0.2) is 0 Å². The Morgan fingerprint density at radius 3 is 2.38 bits per heavy atom. The lowest BCUT2D eigenvalue weighted by atomic mass is 10.1. The second-order valence-corrected chi connectivity index (χ2v) is 8.10. The van der Waals surface area contributed by atoms with Crippen LogP contribution in [0.5, 0.6) is 0 Å². The summed E-state index contributed by atoms with van der Waals surface area (Å²) in [5.74, 6) is -2.41. The van der Waals surface area contributed by atoms with Crippen molar-refractivity contribution in [1.29, 1.82) is 0 Å². The van der Waals surface area contributed by atoms with Gasteiger partial charge in [0.1, 0.15) is 11.6 Å². The first-order valence-electron chi connectivity index (χ1n) is 8.67. The minimum Gasteiger partial charge on any atom is -0.319 e. The van der Waals surface area contributed by atoms with E-state index >= 15 is 0 Å². The van der Waals surface area contributed by atoms with Gasteiger partial charge < -0.3 is 5.32 Å². The summed E-state index contributed by atoms with van der Waals surface area (Å²) in [4.78, 5) is 12.4. The van der Waals surface area contributed by atoms with Crippen molar-refractivity contribution in [1.82, 2.24) is 4.72 Å². The Labute approximate surface area is 167 Å². The average Bonchev–Trinajstić information content (AvgIpc) is 2.69. The van der Waals surface area contributed by atoms with Gasteiger partial charge in [-0.1, -0.05) is 36.4 Å². The van der Waals surface area contributed by atoms with E-state index in [2.05, 4.69) is 10.0 Å². The largest absolute Gasteiger partial charge is 0.319 e. The van der Waals surface area contributed by atoms with E-state index in [1.807, 2.05) is 6.07 Å². The molecule has 29 heavy (non-hydrogen) atoms. The number of sulfonamides is 1. The van der Waals surface area contributed by atoms with E-state index < -0.39 is 27.6 Å². The lowest BCUT2D eigenvalue weighted by Crippen LogP contribution is -2.24. The predicted molar refractivity (Wildman–Crippen MR) is 106 cm³/mol. The highest BCUT2D eigenvalue weighted by Crippen LogP contribution is 2.20. The number of carbonyl (C=O) groups excluding carboxylic acids is 1. The van der Waals surface area contributed by atoms with Crippen molar-refractivity contribution >= 4 is 21.6 Å². The normalized spacial score (nSPS) is 11.3. The number of aryl methyl sites for hydroxylation is 1. The predicted octanol–water partition coefficient (Wildman–Crippen LogP) is 4.00. The molecule has 3 aromatic carbocycles. The number of hydrogen-bond donors (Lipinski definition) is 2. The molecule has 0 spiro atoms. The Kier molecular flexibility index (Phi) is 6.05. The standard InChI is InChI=1S/C21H18F2N2O3S/c1-14-7-8-16(21(26)25-19-10-9-17(22)12-18(19)23)11-20(14)29(27,28)24-13-15-5-3-2-4-6-15/h2-12,24H,13H2,1H3,(H,25,26). The maximum absolute atomic E-state index is 13.8. The van der Waals surface area contributed by atoms with E-state index in [9.17, 15) is 22.0 Å². The van der Waals surface area contributed by atoms with E-state index in [0.717, 1.165) is 17.7 Å². The quantitative estimate of drug-likeness (QED) is 0.638. The van der Waals surface area contributed by atoms with Crippen LogP contribution in [-0.4, -0.2) is 14.3 Å². The summed E-state index contributed by atoms with van der Waals surface area (Å²) in [7, 11) is -3.89. The summed E-state index contributed by atoms with van der Waals surface area (Å²) in [6.45, 7) is 1.71. The molecule has 0 fully saturated rings. The van der Waals surface area contributed by atoms with E-state index in [-0.39, 0.29) is 22.7 Å². The van der Waals surface area contributed by atoms with Crippen LogP contribution >= 0.6 is 0 Å². The molecule has 8 heteroatoms. The fourth-order valence-electron chi connectivity index (χ4n) is 2.67. The minimum absolute atomic E-state index is 0.0272. The topological polar surface area (TPSA) is 75.3 Å². The van der Waals surface area contributed by atoms with Crippen molar-refractivity contribution < 1.29 is 22.0 Å². The van der Waals surface area contributed by atoms with Crippen LogP contribution < -0.4 is 10.0 Å². The number of hydrogen-bond acceptors (Lipinski definition) is 3. The monoisotopic (exact) mass is 416 g/mol. The summed E-state index contributed by atoms with van der Waals surface area (Å²) >= 11 is 0. The molecule has 0 unspecified atom stereocenters. The van der Waals surface area contributed by atoms with E-state index in [0.29, 0.717) is 11.6 Å². The number of halogens is 2. The van der Waals surface area contributed by atoms with Crippen LogP contribution in [0.3, 0.4) is 0 Å². The summed E-state index contributed by atoms with van der Waals surface area (Å²) < 4.78 is 54.7. The highest BCUT2D eigenvalue weighted by atomic mass is 32.2. The third-order valence-electron chi connectivity index (χ3n) is 4.23. The van der Waals surface area contributed by atoms with Crippen molar-refractivity contribution in [3.8, 4) is 0 Å². The summed E-state index contributed by atoms with van der Waals surface area (Å²) in [6.07, 6.45) is 0. The molecule has 2 N–H and O–H groups in total. The van der Waals surface area contributed by atoms with E-state index in [1.54, 1.807) is 31.2 Å². The van der Waals surface area contributed by atoms with Crippen LogP contribution in [0.2, 0.25) is 0 Å². The lowest BCUT2D eigenvalue weighted by Gasteiger charge is -2.12. The number of carbonyl (C=O) groups is 1. The molecular weight excluding hydrogens is 398 g/mol. The molecule has 3 aromatic rings. The molecule has 5 nitrogen and oxygen atoms in total. The number of nitrogens with one attached hydrogen (secondary N) is 2. The molecule has 0 saturated heterocycles. The molecule has 0 aromatic heterocycles. The molecule has 0 radical (unpaired) electrons. The van der Waals surface area contributed by atoms with Gasteiger partial charge in [-0.05, 0) is 42.3 Å². The Morgan fingerprint density at radius 2 is 1.69 bits per heavy atom. The van der Waals surface area contributed by atoms with E-state index in [4.69, 9.17) is 0 Å². The molecule has 0 bridgehead atoms. The number of benzene rings is 3. The number of rotatable bonds is 6. The molecule has 0 saturated carbocycles. The summed E-state index contributed by atoms with van der Waals surface area (Å²) in [5, 5.41) is 2.31. The van der Waals surface area contributed by atoms with Gasteiger partial charge in [-0.2, -0.15) is 0 Å². The minimum atomic E-state index is -3.89. The van der Waals surface area contributed by atoms with Crippen molar-refractivity contribution in [2.45, 2.75) is 18.4 Å². The molecule has 0 aliphatic rings. The van der Waals surface area contributed by atoms with Gasteiger partial charge in [-0.25, -0.2) is 21.9 Å². The van der Waals surface area contributed by atoms with Crippen molar-refractivity contribution in [2.24, 2.45) is 0 Å². The van der Waals surface area contributed by atoms with Gasteiger partial charge in [0.25, 0.3) is 5.91 Å². The van der Waals surface area contributed by atoms with Crippen molar-refractivity contribution in [3.63, 3.8) is 0 Å². The fourth-order valence-corrected chi connectivity index (χ4v) is 3.95. The number of anilines is 1. The Hall–Kier alpha value is -3.10. The zero-order valence-corrected chi connectivity index (χ0v) is 16.3. The van der Waals surface area contributed by atoms with Gasteiger partial charge in [-0.3, -0.25) is 4.79 Å². The van der Waals surface area contributed by atoms with Gasteiger partial charge >= 0.3 is 0 Å². The van der Waals surface area contributed by atoms with Crippen LogP contribution in [0.25, 0.3) is 0 Å². The SMILES string of the molecule is Cc1ccc(C(=O)Nc2ccc(F)cc2F)cc1S(=O)(=O)NCc1ccccc1. The smallest absolute Gasteiger partial charge is 0.255 e. The molecule has 0 aliphatic heterocycles. The highest BCUT2D eigenvalue weighted by molar-refractivity contribution is 7.89. The third kappa shape index (κ3) is 5.04. The Bertz CT molecular complexity index is 1150. The maximum Gasteiger partial charge on any atom is 0.255 e. The van der Waals surface area contributed by atoms with Gasteiger partial charge in [-0.15, -0.1) is 0 Å². The van der Waals surface area contributed by atoms with Crippen molar-refractivity contribution in [3.05, 3.63) is 95.1 Å². The van der Waals surface area contributed by atoms with Crippen LogP contribution in [0.4, 0.5) is 14.5 Å². The molecular formula is C21H18F2N2O3S. The Balaban J connectivity index is 1.82. The third-order valence-corrected chi connectivity index (χ3v) is 5.77. The Morgan fingerprint density at radius 1 is 0.966 bits per heavy atom. The second kappa shape index (κ2) is 8.50. The van der Waals surface area contributed by atoms with Gasteiger partial charge in [0, 0.05) is 18.2 Å². The van der Waals surface area contributed by atoms with Crippen LogP contribution in [0.1, 0.15) is 21.5 Å². The molecule has 3 rings (SSSR count). The summed E-state index contributed by atoms with van der Waals surface area (Å²) in [5.41, 5.74) is 1.06. The molecule has 0 heterocycles. The highest BCUT2D eigenvalue weighted by Gasteiger charge is 2.19. The fraction of sp³-hybridized carbons (Fsp3) is 0.0952. The number of amides is 1. The second-order valence-electron chi connectivity index (χ2n) is 6.37. The lowest BCUT2D eigenvalue weighted by molar-refractivity contribution is 0.102. The summed E-state index contributed by atoms with van der Waals surface area (Å²) in [6, 6.07) is 15.9. The molecule has 0 atom stereocenters. The zero-order chi connectivity index (χ0) is 21.0. The van der Waals surface area contributed by atoms with Crippen LogP contribution in [0, 0.1) is 18.6 Å². The molecule has 0 aliphatic carbocycles. The van der Waals surface area contributed by atoms with E-state index in [1.165, 1.54) is 18.2 Å². The first-order valence-corrected chi connectivity index (χ1v) is 10.2. The van der Waals surface area contributed by atoms with Crippen molar-refractivity contribution in [2.75, 3.05) is 5.32 Å². The first kappa shape index (κ1) is 20.6. The van der Waals surface area contributed by atoms with Gasteiger partial charge in [0.05, 0.1) is 10.6 Å². The van der Waals surface area contributed by atoms with Gasteiger partial charge in [0.2, 0.25) is 10.0 Å². The zero-order valence-electron chi connectivity index (χ0n) is 15.4. The molecule has 150 valence electrons.